The van der Waals surface area contributed by atoms with Crippen LogP contribution in [0.1, 0.15) is 25.7 Å². The van der Waals surface area contributed by atoms with Crippen LogP contribution in [0.3, 0.4) is 0 Å². The number of carbonyl (C=O) groups excluding carboxylic acids is 1. The quantitative estimate of drug-likeness (QED) is 0.829. The van der Waals surface area contributed by atoms with Crippen LogP contribution >= 0.6 is 0 Å². The maximum Gasteiger partial charge on any atom is 0.230 e. The fourth-order valence-electron chi connectivity index (χ4n) is 2.38. The maximum absolute atomic E-state index is 12.9. The minimum atomic E-state index is -0.325. The second-order valence-electron chi connectivity index (χ2n) is 4.87. The number of amides is 1. The highest BCUT2D eigenvalue weighted by atomic mass is 19.1. The van der Waals surface area contributed by atoms with Crippen LogP contribution in [0.25, 0.3) is 0 Å². The molecule has 3 nitrogen and oxygen atoms in total. The monoisotopic (exact) mass is 251 g/mol. The minimum Gasteiger partial charge on any atom is -0.335 e. The number of piperidine rings is 1. The minimum absolute atomic E-state index is 0.0290. The van der Waals surface area contributed by atoms with Crippen molar-refractivity contribution in [2.24, 2.45) is 0 Å². The molecule has 1 aliphatic heterocycles. The summed E-state index contributed by atoms with van der Waals surface area (Å²) in [5.41, 5.74) is 0.536. The normalized spacial score (nSPS) is 16.5. The van der Waals surface area contributed by atoms with Crippen molar-refractivity contribution in [3.8, 4) is 0 Å². The molecule has 0 aliphatic carbocycles. The van der Waals surface area contributed by atoms with Crippen molar-refractivity contribution >= 4 is 11.6 Å². The first-order valence-electron chi connectivity index (χ1n) is 6.63. The lowest BCUT2D eigenvalue weighted by atomic mass is 10.1. The summed E-state index contributed by atoms with van der Waals surface area (Å²) in [6.07, 6.45) is 4.35. The Morgan fingerprint density at radius 1 is 1.28 bits per heavy atom. The second kappa shape index (κ2) is 6.50. The van der Waals surface area contributed by atoms with Crippen molar-refractivity contribution in [2.75, 3.05) is 25.0 Å². The summed E-state index contributed by atoms with van der Waals surface area (Å²) in [4.78, 5) is 13.2. The molecule has 4 heteroatoms. The van der Waals surface area contributed by atoms with Crippen LogP contribution in [-0.4, -0.2) is 25.5 Å². The van der Waals surface area contributed by atoms with Crippen LogP contribution in [0.15, 0.2) is 24.3 Å². The predicted molar refractivity (Wildman–Crippen MR) is 69.1 cm³/mol. The first-order valence-corrected chi connectivity index (χ1v) is 6.63. The first-order chi connectivity index (χ1) is 8.74. The number of benzene rings is 1. The number of likely N-dealkylation sites (tertiary alicyclic amines) is 1. The van der Waals surface area contributed by atoms with E-state index in [4.69, 9.17) is 0 Å². The number of hydrogen-bond acceptors (Lipinski definition) is 1. The van der Waals surface area contributed by atoms with Crippen LogP contribution in [0.2, 0.25) is 0 Å². The molecule has 1 aliphatic rings. The summed E-state index contributed by atoms with van der Waals surface area (Å²) in [7, 11) is 0. The van der Waals surface area contributed by atoms with Gasteiger partial charge in [-0.25, -0.2) is 4.39 Å². The van der Waals surface area contributed by atoms with Crippen molar-refractivity contribution in [3.63, 3.8) is 0 Å². The predicted octanol–water partition coefficient (Wildman–Crippen LogP) is 1.22. The zero-order valence-corrected chi connectivity index (χ0v) is 10.5. The van der Waals surface area contributed by atoms with Gasteiger partial charge in [0.1, 0.15) is 5.82 Å². The molecule has 18 heavy (non-hydrogen) atoms. The third-order valence-corrected chi connectivity index (χ3v) is 3.37. The van der Waals surface area contributed by atoms with Gasteiger partial charge in [0, 0.05) is 5.69 Å². The van der Waals surface area contributed by atoms with E-state index in [9.17, 15) is 9.18 Å². The summed E-state index contributed by atoms with van der Waals surface area (Å²) in [5, 5.41) is 2.73. The zero-order chi connectivity index (χ0) is 12.8. The van der Waals surface area contributed by atoms with Gasteiger partial charge in [0.2, 0.25) is 5.91 Å². The summed E-state index contributed by atoms with van der Waals surface area (Å²) < 4.78 is 12.9. The third kappa shape index (κ3) is 4.11. The molecule has 0 bridgehead atoms. The summed E-state index contributed by atoms with van der Waals surface area (Å²) in [6.45, 7) is 3.22. The molecule has 0 saturated carbocycles. The number of hydrogen-bond donors (Lipinski definition) is 2. The highest BCUT2D eigenvalue weighted by Crippen LogP contribution is 2.09. The molecule has 2 rings (SSSR count). The number of quaternary nitrogens is 1. The van der Waals surface area contributed by atoms with E-state index in [2.05, 4.69) is 5.32 Å². The highest BCUT2D eigenvalue weighted by Gasteiger charge is 2.14. The van der Waals surface area contributed by atoms with Gasteiger partial charge in [-0.05, 0) is 37.5 Å². The molecule has 98 valence electrons. The summed E-state index contributed by atoms with van der Waals surface area (Å²) in [5.74, 6) is -0.354. The van der Waals surface area contributed by atoms with Crippen LogP contribution in [-0.2, 0) is 4.79 Å². The molecule has 0 aromatic heterocycles. The summed E-state index contributed by atoms with van der Waals surface area (Å²) in [6, 6.07) is 6.01. The molecule has 2 N–H and O–H groups in total. The molecular formula is C14H20FN2O+. The Morgan fingerprint density at radius 2 is 2.06 bits per heavy atom. The largest absolute Gasteiger partial charge is 0.335 e. The molecule has 1 amide bonds. The molecule has 0 unspecified atom stereocenters. The molecule has 1 heterocycles. The molecule has 1 saturated heterocycles. The van der Waals surface area contributed by atoms with E-state index in [1.807, 2.05) is 0 Å². The average molecular weight is 251 g/mol. The average Bonchev–Trinajstić information content (AvgIpc) is 2.38. The molecule has 0 radical (unpaired) electrons. The first kappa shape index (κ1) is 13.0. The van der Waals surface area contributed by atoms with Crippen LogP contribution in [0, 0.1) is 5.82 Å². The van der Waals surface area contributed by atoms with E-state index in [-0.39, 0.29) is 11.7 Å². The lowest BCUT2D eigenvalue weighted by Gasteiger charge is -2.23. The maximum atomic E-state index is 12.9. The fraction of sp³-hybridized carbons (Fsp3) is 0.500. The Hall–Kier alpha value is -1.42. The Balaban J connectivity index is 1.74. The SMILES string of the molecule is O=C(CC[NH+]1CCCCC1)Nc1cccc(F)c1. The van der Waals surface area contributed by atoms with E-state index >= 15 is 0 Å². The Labute approximate surface area is 107 Å². The van der Waals surface area contributed by atoms with Crippen molar-refractivity contribution in [2.45, 2.75) is 25.7 Å². The van der Waals surface area contributed by atoms with Gasteiger partial charge in [-0.1, -0.05) is 6.07 Å². The van der Waals surface area contributed by atoms with Gasteiger partial charge in [-0.2, -0.15) is 0 Å². The number of halogens is 1. The van der Waals surface area contributed by atoms with Crippen molar-refractivity contribution in [1.29, 1.82) is 0 Å². The number of nitrogens with one attached hydrogen (secondary N) is 2. The Morgan fingerprint density at radius 3 is 2.78 bits per heavy atom. The van der Waals surface area contributed by atoms with Crippen LogP contribution < -0.4 is 10.2 Å². The van der Waals surface area contributed by atoms with Crippen LogP contribution in [0.4, 0.5) is 10.1 Å². The van der Waals surface area contributed by atoms with Crippen LogP contribution in [0.5, 0.6) is 0 Å². The smallest absolute Gasteiger partial charge is 0.230 e. The molecule has 1 aromatic carbocycles. The molecular weight excluding hydrogens is 231 g/mol. The van der Waals surface area contributed by atoms with Gasteiger partial charge in [0.15, 0.2) is 0 Å². The zero-order valence-electron chi connectivity index (χ0n) is 10.5. The van der Waals surface area contributed by atoms with Gasteiger partial charge in [0.25, 0.3) is 0 Å². The number of rotatable bonds is 4. The van der Waals surface area contributed by atoms with Gasteiger partial charge in [-0.15, -0.1) is 0 Å². The van der Waals surface area contributed by atoms with Gasteiger partial charge in [0.05, 0.1) is 26.1 Å². The highest BCUT2D eigenvalue weighted by molar-refractivity contribution is 5.90. The Kier molecular flexibility index (Phi) is 4.70. The molecule has 0 spiro atoms. The lowest BCUT2D eigenvalue weighted by molar-refractivity contribution is -0.904. The number of anilines is 1. The van der Waals surface area contributed by atoms with Crippen molar-refractivity contribution in [3.05, 3.63) is 30.1 Å². The van der Waals surface area contributed by atoms with E-state index in [1.165, 1.54) is 49.4 Å². The van der Waals surface area contributed by atoms with E-state index in [1.54, 1.807) is 12.1 Å². The van der Waals surface area contributed by atoms with E-state index in [0.717, 1.165) is 6.54 Å². The standard InChI is InChI=1S/C14H19FN2O/c15-12-5-4-6-13(11-12)16-14(18)7-10-17-8-2-1-3-9-17/h4-6,11H,1-3,7-10H2,(H,16,18)/p+1. The molecule has 0 atom stereocenters. The van der Waals surface area contributed by atoms with Crippen molar-refractivity contribution < 1.29 is 14.1 Å². The van der Waals surface area contributed by atoms with E-state index in [0.29, 0.717) is 12.1 Å². The van der Waals surface area contributed by atoms with E-state index < -0.39 is 0 Å². The van der Waals surface area contributed by atoms with Gasteiger partial charge >= 0.3 is 0 Å². The number of carbonyl (C=O) groups is 1. The third-order valence-electron chi connectivity index (χ3n) is 3.37. The Bertz CT molecular complexity index is 403. The van der Waals surface area contributed by atoms with Gasteiger partial charge in [-0.3, -0.25) is 4.79 Å². The van der Waals surface area contributed by atoms with Gasteiger partial charge < -0.3 is 10.2 Å². The second-order valence-corrected chi connectivity index (χ2v) is 4.87. The summed E-state index contributed by atoms with van der Waals surface area (Å²) >= 11 is 0. The lowest BCUT2D eigenvalue weighted by Crippen LogP contribution is -3.12. The molecule has 1 aromatic rings. The van der Waals surface area contributed by atoms with Crippen molar-refractivity contribution in [1.82, 2.24) is 0 Å². The fourth-order valence-corrected chi connectivity index (χ4v) is 2.38. The topological polar surface area (TPSA) is 33.5 Å². The molecule has 1 fully saturated rings.